The van der Waals surface area contributed by atoms with Gasteiger partial charge in [-0.1, -0.05) is 12.1 Å². The van der Waals surface area contributed by atoms with Gasteiger partial charge in [-0.05, 0) is 38.4 Å². The number of aromatic nitrogens is 3. The van der Waals surface area contributed by atoms with Gasteiger partial charge in [0.25, 0.3) is 0 Å². The van der Waals surface area contributed by atoms with Crippen LogP contribution in [0.2, 0.25) is 0 Å². The Morgan fingerprint density at radius 2 is 2.25 bits per heavy atom. The van der Waals surface area contributed by atoms with Gasteiger partial charge in [0.05, 0.1) is 24.8 Å². The lowest BCUT2D eigenvalue weighted by Crippen LogP contribution is -2.44. The summed E-state index contributed by atoms with van der Waals surface area (Å²) < 4.78 is 5.64. The lowest BCUT2D eigenvalue weighted by atomic mass is 10.2. The van der Waals surface area contributed by atoms with Crippen molar-refractivity contribution in [3.05, 3.63) is 35.9 Å². The number of hydrogen-bond donors (Lipinski definition) is 1. The van der Waals surface area contributed by atoms with Crippen LogP contribution in [-0.4, -0.2) is 52.2 Å². The van der Waals surface area contributed by atoms with Crippen LogP contribution in [0.25, 0.3) is 0 Å². The summed E-state index contributed by atoms with van der Waals surface area (Å²) in [4.78, 5) is 21.3. The van der Waals surface area contributed by atoms with Crippen molar-refractivity contribution < 1.29 is 9.53 Å². The molecular formula is C17H21N5O2. The fourth-order valence-corrected chi connectivity index (χ4v) is 3.50. The smallest absolute Gasteiger partial charge is 0.241 e. The number of carbonyl (C=O) groups excluding carboxylic acids is 1. The van der Waals surface area contributed by atoms with Crippen LogP contribution in [0.5, 0.6) is 5.75 Å². The van der Waals surface area contributed by atoms with Crippen LogP contribution in [0.4, 0.5) is 5.69 Å². The number of anilines is 1. The Morgan fingerprint density at radius 3 is 3.08 bits per heavy atom. The van der Waals surface area contributed by atoms with Gasteiger partial charge in [0.15, 0.2) is 5.82 Å². The van der Waals surface area contributed by atoms with Crippen molar-refractivity contribution in [3.63, 3.8) is 0 Å². The van der Waals surface area contributed by atoms with E-state index >= 15 is 0 Å². The number of carbonyl (C=O) groups is 1. The minimum absolute atomic E-state index is 0.102. The molecular weight excluding hydrogens is 306 g/mol. The molecule has 1 unspecified atom stereocenters. The first-order valence-electron chi connectivity index (χ1n) is 8.37. The second-order valence-electron chi connectivity index (χ2n) is 6.27. The molecule has 1 fully saturated rings. The summed E-state index contributed by atoms with van der Waals surface area (Å²) in [6, 6.07) is 7.82. The zero-order valence-corrected chi connectivity index (χ0v) is 13.7. The molecule has 0 radical (unpaired) electrons. The monoisotopic (exact) mass is 327 g/mol. The first-order chi connectivity index (χ1) is 11.7. The zero-order valence-electron chi connectivity index (χ0n) is 13.7. The second kappa shape index (κ2) is 6.24. The number of nitrogens with one attached hydrogen (secondary N) is 1. The largest absolute Gasteiger partial charge is 0.490 e. The lowest BCUT2D eigenvalue weighted by Gasteiger charge is -2.31. The van der Waals surface area contributed by atoms with Gasteiger partial charge >= 0.3 is 0 Å². The number of H-pyrrole nitrogens is 1. The summed E-state index contributed by atoms with van der Waals surface area (Å²) >= 11 is 0. The number of likely N-dealkylation sites (tertiary alicyclic amines) is 1. The van der Waals surface area contributed by atoms with E-state index in [2.05, 4.69) is 20.1 Å². The molecule has 7 nitrogen and oxygen atoms in total. The third-order valence-electron chi connectivity index (χ3n) is 4.64. The number of rotatable bonds is 3. The quantitative estimate of drug-likeness (QED) is 0.928. The van der Waals surface area contributed by atoms with Crippen LogP contribution >= 0.6 is 0 Å². The molecule has 0 spiro atoms. The molecule has 1 saturated heterocycles. The number of ether oxygens (including phenoxy) is 1. The van der Waals surface area contributed by atoms with E-state index in [1.165, 1.54) is 0 Å². The molecule has 3 heterocycles. The van der Waals surface area contributed by atoms with Crippen molar-refractivity contribution in [2.45, 2.75) is 25.8 Å². The summed E-state index contributed by atoms with van der Waals surface area (Å²) in [7, 11) is 0. The van der Waals surface area contributed by atoms with Crippen LogP contribution in [-0.2, 0) is 4.79 Å². The predicted octanol–water partition coefficient (Wildman–Crippen LogP) is 1.68. The average Bonchev–Trinajstić information content (AvgIpc) is 3.23. The predicted molar refractivity (Wildman–Crippen MR) is 89.0 cm³/mol. The number of amides is 1. The number of aromatic amines is 1. The maximum atomic E-state index is 12.9. The average molecular weight is 327 g/mol. The molecule has 2 aliphatic heterocycles. The molecule has 2 aliphatic rings. The van der Waals surface area contributed by atoms with Crippen molar-refractivity contribution >= 4 is 11.6 Å². The van der Waals surface area contributed by atoms with Crippen molar-refractivity contribution in [2.75, 3.05) is 31.1 Å². The Morgan fingerprint density at radius 1 is 1.38 bits per heavy atom. The van der Waals surface area contributed by atoms with Crippen LogP contribution in [0.1, 0.15) is 30.5 Å². The minimum Gasteiger partial charge on any atom is -0.490 e. The Bertz CT molecular complexity index is 744. The van der Waals surface area contributed by atoms with Crippen molar-refractivity contribution in [1.82, 2.24) is 20.1 Å². The first-order valence-corrected chi connectivity index (χ1v) is 8.37. The van der Waals surface area contributed by atoms with Crippen LogP contribution in [0.3, 0.4) is 0 Å². The molecule has 0 bridgehead atoms. The van der Waals surface area contributed by atoms with Gasteiger partial charge in [0.2, 0.25) is 5.91 Å². The number of hydrogen-bond acceptors (Lipinski definition) is 5. The highest BCUT2D eigenvalue weighted by atomic mass is 16.5. The lowest BCUT2D eigenvalue weighted by molar-refractivity contribution is -0.120. The van der Waals surface area contributed by atoms with Crippen molar-refractivity contribution in [1.29, 1.82) is 0 Å². The highest BCUT2D eigenvalue weighted by Crippen LogP contribution is 2.33. The molecule has 1 N–H and O–H groups in total. The molecule has 0 aliphatic carbocycles. The van der Waals surface area contributed by atoms with Gasteiger partial charge in [-0.3, -0.25) is 14.8 Å². The maximum Gasteiger partial charge on any atom is 0.241 e. The van der Waals surface area contributed by atoms with Crippen LogP contribution in [0.15, 0.2) is 24.3 Å². The number of para-hydroxylation sites is 2. The summed E-state index contributed by atoms with van der Waals surface area (Å²) in [5.41, 5.74) is 0.859. The van der Waals surface area contributed by atoms with E-state index in [9.17, 15) is 4.79 Å². The van der Waals surface area contributed by atoms with E-state index < -0.39 is 0 Å². The summed E-state index contributed by atoms with van der Waals surface area (Å²) in [5, 5.41) is 7.18. The highest BCUT2D eigenvalue weighted by Gasteiger charge is 2.32. The zero-order chi connectivity index (χ0) is 16.5. The van der Waals surface area contributed by atoms with Gasteiger partial charge in [-0.2, -0.15) is 5.10 Å². The summed E-state index contributed by atoms with van der Waals surface area (Å²) in [5.74, 6) is 2.48. The molecule has 2 aromatic rings. The Labute approximate surface area is 140 Å². The normalized spacial score (nSPS) is 20.7. The number of aryl methyl sites for hydroxylation is 1. The highest BCUT2D eigenvalue weighted by molar-refractivity contribution is 5.96. The van der Waals surface area contributed by atoms with Crippen LogP contribution < -0.4 is 9.64 Å². The maximum absolute atomic E-state index is 12.9. The van der Waals surface area contributed by atoms with Gasteiger partial charge in [0.1, 0.15) is 18.2 Å². The van der Waals surface area contributed by atoms with E-state index in [1.807, 2.05) is 36.1 Å². The third kappa shape index (κ3) is 2.75. The molecule has 1 aromatic carbocycles. The van der Waals surface area contributed by atoms with E-state index in [4.69, 9.17) is 4.74 Å². The second-order valence-corrected chi connectivity index (χ2v) is 6.27. The first kappa shape index (κ1) is 15.1. The number of benzene rings is 1. The van der Waals surface area contributed by atoms with Gasteiger partial charge < -0.3 is 9.64 Å². The molecule has 0 saturated carbocycles. The van der Waals surface area contributed by atoms with Gasteiger partial charge in [-0.15, -0.1) is 0 Å². The summed E-state index contributed by atoms with van der Waals surface area (Å²) in [6.45, 7) is 4.30. The van der Waals surface area contributed by atoms with Crippen molar-refractivity contribution in [3.8, 4) is 5.75 Å². The fraction of sp³-hybridized carbons (Fsp3) is 0.471. The molecule has 1 aromatic heterocycles. The Hall–Kier alpha value is -2.41. The molecule has 4 rings (SSSR count). The van der Waals surface area contributed by atoms with Crippen LogP contribution in [0, 0.1) is 6.92 Å². The standard InChI is InChI=1S/C17H21N5O2/c1-12-18-17(20-19-12)14-6-4-8-21(14)11-16(23)22-9-10-24-15-7-3-2-5-13(15)22/h2-3,5,7,14H,4,6,8-11H2,1H3,(H,18,19,20). The molecule has 7 heteroatoms. The molecule has 126 valence electrons. The third-order valence-corrected chi connectivity index (χ3v) is 4.64. The van der Waals surface area contributed by atoms with E-state index in [0.29, 0.717) is 19.7 Å². The van der Waals surface area contributed by atoms with E-state index in [0.717, 1.165) is 42.5 Å². The van der Waals surface area contributed by atoms with Gasteiger partial charge in [-0.25, -0.2) is 4.98 Å². The fourth-order valence-electron chi connectivity index (χ4n) is 3.50. The number of nitrogens with zero attached hydrogens (tertiary/aromatic N) is 4. The molecule has 1 amide bonds. The van der Waals surface area contributed by atoms with Gasteiger partial charge in [0, 0.05) is 0 Å². The number of fused-ring (bicyclic) bond motifs is 1. The van der Waals surface area contributed by atoms with Crippen molar-refractivity contribution in [2.24, 2.45) is 0 Å². The molecule has 24 heavy (non-hydrogen) atoms. The molecule has 1 atom stereocenters. The van der Waals surface area contributed by atoms with E-state index in [1.54, 1.807) is 0 Å². The Kier molecular flexibility index (Phi) is 3.93. The summed E-state index contributed by atoms with van der Waals surface area (Å²) in [6.07, 6.45) is 2.05. The Balaban J connectivity index is 1.50. The SMILES string of the molecule is Cc1nc(C2CCCN2CC(=O)N2CCOc3ccccc32)n[nH]1. The van der Waals surface area contributed by atoms with E-state index in [-0.39, 0.29) is 11.9 Å². The topological polar surface area (TPSA) is 74.3 Å². The minimum atomic E-state index is 0.102.